The third-order valence-corrected chi connectivity index (χ3v) is 2.99. The number of nitrogens with one attached hydrogen (secondary N) is 1. The second-order valence-electron chi connectivity index (χ2n) is 4.24. The summed E-state index contributed by atoms with van der Waals surface area (Å²) >= 11 is 5.73. The van der Waals surface area contributed by atoms with Gasteiger partial charge in [-0.2, -0.15) is 0 Å². The normalized spacial score (nSPS) is 10.1. The summed E-state index contributed by atoms with van der Waals surface area (Å²) in [6.07, 6.45) is 2.76. The number of benzene rings is 1. The van der Waals surface area contributed by atoms with Gasteiger partial charge in [0.25, 0.3) is 5.91 Å². The van der Waals surface area contributed by atoms with Gasteiger partial charge >= 0.3 is 0 Å². The van der Waals surface area contributed by atoms with Crippen molar-refractivity contribution in [2.24, 2.45) is 0 Å². The van der Waals surface area contributed by atoms with Crippen LogP contribution in [0.15, 0.2) is 42.6 Å². The number of aldehydes is 1. The lowest BCUT2D eigenvalue weighted by Crippen LogP contribution is -2.22. The number of pyridine rings is 1. The Balaban J connectivity index is 1.94. The van der Waals surface area contributed by atoms with E-state index in [0.717, 1.165) is 17.4 Å². The van der Waals surface area contributed by atoms with Gasteiger partial charge in [-0.1, -0.05) is 35.9 Å². The topological polar surface area (TPSA) is 59.1 Å². The molecular formula is C15H13ClN2O2. The number of nitrogens with zero attached hydrogens (tertiary/aromatic N) is 1. The lowest BCUT2D eigenvalue weighted by molar-refractivity contribution is -0.107. The smallest absolute Gasteiger partial charge is 0.251 e. The van der Waals surface area contributed by atoms with E-state index < -0.39 is 0 Å². The molecule has 2 aromatic rings. The maximum atomic E-state index is 11.9. The fourth-order valence-electron chi connectivity index (χ4n) is 1.72. The first-order valence-corrected chi connectivity index (χ1v) is 6.48. The van der Waals surface area contributed by atoms with Gasteiger partial charge in [-0.15, -0.1) is 0 Å². The predicted octanol–water partition coefficient (Wildman–Crippen LogP) is 2.41. The van der Waals surface area contributed by atoms with E-state index in [-0.39, 0.29) is 11.1 Å². The maximum Gasteiger partial charge on any atom is 0.251 e. The first-order chi connectivity index (χ1) is 9.69. The van der Waals surface area contributed by atoms with Crippen LogP contribution < -0.4 is 5.32 Å². The van der Waals surface area contributed by atoms with Crippen molar-refractivity contribution in [1.29, 1.82) is 0 Å². The lowest BCUT2D eigenvalue weighted by Gasteiger charge is -2.06. The van der Waals surface area contributed by atoms with Crippen LogP contribution in [0.4, 0.5) is 0 Å². The van der Waals surface area contributed by atoms with Gasteiger partial charge in [0.15, 0.2) is 0 Å². The summed E-state index contributed by atoms with van der Waals surface area (Å²) in [5.74, 6) is -0.203. The molecule has 0 saturated carbocycles. The van der Waals surface area contributed by atoms with E-state index in [0.29, 0.717) is 18.5 Å². The van der Waals surface area contributed by atoms with Gasteiger partial charge in [0.2, 0.25) is 0 Å². The van der Waals surface area contributed by atoms with Gasteiger partial charge in [0.1, 0.15) is 11.4 Å². The third-order valence-electron chi connectivity index (χ3n) is 2.78. The zero-order valence-electron chi connectivity index (χ0n) is 10.7. The fraction of sp³-hybridized carbons (Fsp3) is 0.133. The van der Waals surface area contributed by atoms with Crippen molar-refractivity contribution >= 4 is 23.8 Å². The summed E-state index contributed by atoms with van der Waals surface area (Å²) < 4.78 is 0. The Bertz CT molecular complexity index is 612. The van der Waals surface area contributed by atoms with Crippen LogP contribution in [-0.2, 0) is 17.8 Å². The monoisotopic (exact) mass is 288 g/mol. The van der Waals surface area contributed by atoms with Gasteiger partial charge in [-0.25, -0.2) is 4.98 Å². The molecule has 0 unspecified atom stereocenters. The van der Waals surface area contributed by atoms with Crippen molar-refractivity contribution in [3.8, 4) is 0 Å². The second-order valence-corrected chi connectivity index (χ2v) is 4.62. The SMILES string of the molecule is O=CCc1ccc(CNC(=O)c2ccnc(Cl)c2)cc1. The molecule has 1 N–H and O–H groups in total. The first kappa shape index (κ1) is 14.2. The molecule has 2 rings (SSSR count). The van der Waals surface area contributed by atoms with E-state index in [2.05, 4.69) is 10.3 Å². The maximum absolute atomic E-state index is 11.9. The Morgan fingerprint density at radius 3 is 2.55 bits per heavy atom. The van der Waals surface area contributed by atoms with E-state index in [9.17, 15) is 9.59 Å². The van der Waals surface area contributed by atoms with Crippen LogP contribution in [0.3, 0.4) is 0 Å². The Morgan fingerprint density at radius 1 is 1.20 bits per heavy atom. The minimum absolute atomic E-state index is 0.203. The second kappa shape index (κ2) is 6.82. The molecule has 0 fully saturated rings. The molecule has 102 valence electrons. The Labute approximate surface area is 121 Å². The number of aromatic nitrogens is 1. The summed E-state index contributed by atoms with van der Waals surface area (Å²) in [5, 5.41) is 3.09. The van der Waals surface area contributed by atoms with Crippen LogP contribution in [-0.4, -0.2) is 17.2 Å². The van der Waals surface area contributed by atoms with Gasteiger partial charge in [-0.3, -0.25) is 4.79 Å². The molecule has 1 heterocycles. The Kier molecular flexibility index (Phi) is 4.85. The molecule has 0 bridgehead atoms. The van der Waals surface area contributed by atoms with Gasteiger partial charge in [0.05, 0.1) is 0 Å². The van der Waals surface area contributed by atoms with Crippen molar-refractivity contribution in [3.63, 3.8) is 0 Å². The number of amides is 1. The Morgan fingerprint density at radius 2 is 1.90 bits per heavy atom. The van der Waals surface area contributed by atoms with Gasteiger partial charge in [-0.05, 0) is 23.3 Å². The standard InChI is InChI=1S/C15H13ClN2O2/c16-14-9-13(5-7-17-14)15(20)18-10-12-3-1-11(2-4-12)6-8-19/h1-5,7-9H,6,10H2,(H,18,20). The highest BCUT2D eigenvalue weighted by atomic mass is 35.5. The van der Waals surface area contributed by atoms with Crippen LogP contribution in [0.5, 0.6) is 0 Å². The van der Waals surface area contributed by atoms with Crippen molar-refractivity contribution < 1.29 is 9.59 Å². The highest BCUT2D eigenvalue weighted by Gasteiger charge is 2.06. The van der Waals surface area contributed by atoms with Crippen LogP contribution in [0, 0.1) is 0 Å². The molecule has 0 aliphatic rings. The van der Waals surface area contributed by atoms with Crippen molar-refractivity contribution in [3.05, 3.63) is 64.4 Å². The van der Waals surface area contributed by atoms with Gasteiger partial charge < -0.3 is 10.1 Å². The van der Waals surface area contributed by atoms with Crippen LogP contribution in [0.2, 0.25) is 5.15 Å². The van der Waals surface area contributed by atoms with Crippen molar-refractivity contribution in [1.82, 2.24) is 10.3 Å². The molecular weight excluding hydrogens is 276 g/mol. The van der Waals surface area contributed by atoms with Crippen LogP contribution in [0.1, 0.15) is 21.5 Å². The molecule has 0 saturated heterocycles. The number of hydrogen-bond acceptors (Lipinski definition) is 3. The van der Waals surface area contributed by atoms with E-state index in [1.807, 2.05) is 24.3 Å². The molecule has 0 radical (unpaired) electrons. The van der Waals surface area contributed by atoms with Crippen LogP contribution >= 0.6 is 11.6 Å². The Hall–Kier alpha value is -2.20. The largest absolute Gasteiger partial charge is 0.348 e. The summed E-state index contributed by atoms with van der Waals surface area (Å²) in [4.78, 5) is 26.1. The molecule has 5 heteroatoms. The molecule has 0 atom stereocenters. The molecule has 0 aliphatic carbocycles. The number of carbonyl (C=O) groups excluding carboxylic acids is 2. The van der Waals surface area contributed by atoms with E-state index >= 15 is 0 Å². The lowest BCUT2D eigenvalue weighted by atomic mass is 10.1. The van der Waals surface area contributed by atoms with E-state index in [4.69, 9.17) is 11.6 Å². The number of halogens is 1. The molecule has 4 nitrogen and oxygen atoms in total. The molecule has 1 amide bonds. The third kappa shape index (κ3) is 3.90. The number of hydrogen-bond donors (Lipinski definition) is 1. The zero-order chi connectivity index (χ0) is 14.4. The zero-order valence-corrected chi connectivity index (χ0v) is 11.4. The molecule has 0 aliphatic heterocycles. The summed E-state index contributed by atoms with van der Waals surface area (Å²) in [5.41, 5.74) is 2.40. The minimum atomic E-state index is -0.203. The van der Waals surface area contributed by atoms with Crippen LogP contribution in [0.25, 0.3) is 0 Å². The van der Waals surface area contributed by atoms with Gasteiger partial charge in [0, 0.05) is 24.7 Å². The first-order valence-electron chi connectivity index (χ1n) is 6.10. The minimum Gasteiger partial charge on any atom is -0.348 e. The average Bonchev–Trinajstić information content (AvgIpc) is 2.46. The van der Waals surface area contributed by atoms with Crippen molar-refractivity contribution in [2.45, 2.75) is 13.0 Å². The average molecular weight is 289 g/mol. The molecule has 1 aromatic carbocycles. The quantitative estimate of drug-likeness (QED) is 0.679. The molecule has 20 heavy (non-hydrogen) atoms. The number of rotatable bonds is 5. The van der Waals surface area contributed by atoms with E-state index in [1.165, 1.54) is 12.3 Å². The van der Waals surface area contributed by atoms with E-state index in [1.54, 1.807) is 6.07 Å². The number of carbonyl (C=O) groups is 2. The highest BCUT2D eigenvalue weighted by molar-refractivity contribution is 6.29. The highest BCUT2D eigenvalue weighted by Crippen LogP contribution is 2.08. The summed E-state index contributed by atoms with van der Waals surface area (Å²) in [6.45, 7) is 0.417. The fourth-order valence-corrected chi connectivity index (χ4v) is 1.89. The van der Waals surface area contributed by atoms with Crippen molar-refractivity contribution in [2.75, 3.05) is 0 Å². The summed E-state index contributed by atoms with van der Waals surface area (Å²) in [6, 6.07) is 10.6. The predicted molar refractivity (Wildman–Crippen MR) is 76.6 cm³/mol. The molecule has 1 aromatic heterocycles. The molecule has 0 spiro atoms. The summed E-state index contributed by atoms with van der Waals surface area (Å²) in [7, 11) is 0.